The van der Waals surface area contributed by atoms with Gasteiger partial charge in [-0.25, -0.2) is 0 Å². The maximum absolute atomic E-state index is 5.79. The quantitative estimate of drug-likeness (QED) is 0.768. The van der Waals surface area contributed by atoms with Crippen LogP contribution in [-0.2, 0) is 6.42 Å². The molecule has 0 spiro atoms. The Morgan fingerprint density at radius 2 is 2.06 bits per heavy atom. The van der Waals surface area contributed by atoms with Crippen molar-refractivity contribution in [2.45, 2.75) is 25.1 Å². The zero-order chi connectivity index (χ0) is 13.1. The van der Waals surface area contributed by atoms with Crippen molar-refractivity contribution >= 4 is 15.9 Å². The van der Waals surface area contributed by atoms with Crippen LogP contribution in [-0.4, -0.2) is 7.11 Å². The standard InChI is InChI=1S/C15H17BrO2/c1-4-11-6-8-14(18-11)15(16)12-9-10(2)5-7-13(12)17-3/h5-9,15H,4H2,1-3H3. The van der Waals surface area contributed by atoms with Gasteiger partial charge < -0.3 is 9.15 Å². The monoisotopic (exact) mass is 308 g/mol. The fourth-order valence-corrected chi connectivity index (χ4v) is 2.53. The van der Waals surface area contributed by atoms with Crippen molar-refractivity contribution in [2.24, 2.45) is 0 Å². The van der Waals surface area contributed by atoms with Crippen LogP contribution in [0.1, 0.15) is 34.4 Å². The van der Waals surface area contributed by atoms with Crippen molar-refractivity contribution in [2.75, 3.05) is 7.11 Å². The lowest BCUT2D eigenvalue weighted by atomic mass is 10.1. The number of alkyl halides is 1. The predicted molar refractivity (Wildman–Crippen MR) is 76.6 cm³/mol. The van der Waals surface area contributed by atoms with Crippen LogP contribution in [0.25, 0.3) is 0 Å². The fraction of sp³-hybridized carbons (Fsp3) is 0.333. The molecule has 1 aromatic carbocycles. The largest absolute Gasteiger partial charge is 0.496 e. The summed E-state index contributed by atoms with van der Waals surface area (Å²) in [5.74, 6) is 2.79. The Balaban J connectivity index is 2.38. The van der Waals surface area contributed by atoms with Crippen LogP contribution >= 0.6 is 15.9 Å². The van der Waals surface area contributed by atoms with Gasteiger partial charge in [-0.2, -0.15) is 0 Å². The Hall–Kier alpha value is -1.22. The number of halogens is 1. The molecule has 0 saturated heterocycles. The number of hydrogen-bond donors (Lipinski definition) is 0. The topological polar surface area (TPSA) is 22.4 Å². The Morgan fingerprint density at radius 1 is 1.28 bits per heavy atom. The van der Waals surface area contributed by atoms with Gasteiger partial charge in [-0.15, -0.1) is 0 Å². The molecule has 0 radical (unpaired) electrons. The molecule has 1 heterocycles. The molecule has 0 bridgehead atoms. The average Bonchev–Trinajstić information content (AvgIpc) is 2.86. The first-order valence-corrected chi connectivity index (χ1v) is 6.94. The van der Waals surface area contributed by atoms with Crippen molar-refractivity contribution in [1.82, 2.24) is 0 Å². The number of hydrogen-bond acceptors (Lipinski definition) is 2. The summed E-state index contributed by atoms with van der Waals surface area (Å²) in [4.78, 5) is 0.0210. The molecule has 0 amide bonds. The number of furan rings is 1. The second-order valence-corrected chi connectivity index (χ2v) is 5.18. The number of methoxy groups -OCH3 is 1. The first-order chi connectivity index (χ1) is 8.65. The zero-order valence-electron chi connectivity index (χ0n) is 10.9. The van der Waals surface area contributed by atoms with Crippen LogP contribution in [0, 0.1) is 6.92 Å². The van der Waals surface area contributed by atoms with E-state index in [1.807, 2.05) is 24.3 Å². The molecule has 0 aliphatic heterocycles. The zero-order valence-corrected chi connectivity index (χ0v) is 12.5. The van der Waals surface area contributed by atoms with Gasteiger partial charge in [0.2, 0.25) is 0 Å². The van der Waals surface area contributed by atoms with Crippen LogP contribution < -0.4 is 4.74 Å². The Morgan fingerprint density at radius 3 is 2.67 bits per heavy atom. The summed E-state index contributed by atoms with van der Waals surface area (Å²) in [5.41, 5.74) is 2.30. The minimum absolute atomic E-state index is 0.0210. The molecule has 2 nitrogen and oxygen atoms in total. The van der Waals surface area contributed by atoms with Crippen molar-refractivity contribution in [3.05, 3.63) is 53.0 Å². The molecular weight excluding hydrogens is 292 g/mol. The third-order valence-electron chi connectivity index (χ3n) is 2.94. The molecule has 0 aliphatic carbocycles. The van der Waals surface area contributed by atoms with E-state index < -0.39 is 0 Å². The minimum Gasteiger partial charge on any atom is -0.496 e. The molecule has 2 aromatic rings. The lowest BCUT2D eigenvalue weighted by molar-refractivity contribution is 0.407. The molecule has 18 heavy (non-hydrogen) atoms. The highest BCUT2D eigenvalue weighted by atomic mass is 79.9. The summed E-state index contributed by atoms with van der Waals surface area (Å²) in [5, 5.41) is 0. The Kier molecular flexibility index (Phi) is 4.12. The van der Waals surface area contributed by atoms with Crippen LogP contribution in [0.15, 0.2) is 34.7 Å². The van der Waals surface area contributed by atoms with E-state index in [0.29, 0.717) is 0 Å². The van der Waals surface area contributed by atoms with Gasteiger partial charge in [0.15, 0.2) is 0 Å². The first-order valence-electron chi connectivity index (χ1n) is 6.03. The van der Waals surface area contributed by atoms with Gasteiger partial charge in [0.25, 0.3) is 0 Å². The molecule has 1 unspecified atom stereocenters. The molecule has 0 N–H and O–H groups in total. The summed E-state index contributed by atoms with van der Waals surface area (Å²) in [6, 6.07) is 10.2. The van der Waals surface area contributed by atoms with Gasteiger partial charge in [0.1, 0.15) is 22.1 Å². The van der Waals surface area contributed by atoms with Gasteiger partial charge in [-0.3, -0.25) is 0 Å². The smallest absolute Gasteiger partial charge is 0.123 e. The third kappa shape index (κ3) is 2.61. The molecule has 3 heteroatoms. The molecule has 0 saturated carbocycles. The van der Waals surface area contributed by atoms with Gasteiger partial charge in [-0.1, -0.05) is 40.5 Å². The lowest BCUT2D eigenvalue weighted by Gasteiger charge is -2.13. The van der Waals surface area contributed by atoms with Gasteiger partial charge >= 0.3 is 0 Å². The highest BCUT2D eigenvalue weighted by molar-refractivity contribution is 9.09. The number of ether oxygens (including phenoxy) is 1. The van der Waals surface area contributed by atoms with E-state index in [1.165, 1.54) is 5.56 Å². The lowest BCUT2D eigenvalue weighted by Crippen LogP contribution is -1.96. The minimum atomic E-state index is 0.0210. The molecule has 1 atom stereocenters. The van der Waals surface area contributed by atoms with Gasteiger partial charge in [-0.05, 0) is 25.1 Å². The molecule has 1 aromatic heterocycles. The number of aryl methyl sites for hydroxylation is 2. The van der Waals surface area contributed by atoms with E-state index in [4.69, 9.17) is 9.15 Å². The highest BCUT2D eigenvalue weighted by Gasteiger charge is 2.18. The summed E-state index contributed by atoms with van der Waals surface area (Å²) in [6.07, 6.45) is 0.907. The highest BCUT2D eigenvalue weighted by Crippen LogP contribution is 2.37. The number of benzene rings is 1. The molecule has 0 aliphatic rings. The van der Waals surface area contributed by atoms with E-state index in [9.17, 15) is 0 Å². The van der Waals surface area contributed by atoms with Crippen LogP contribution in [0.4, 0.5) is 0 Å². The van der Waals surface area contributed by atoms with E-state index in [2.05, 4.69) is 35.8 Å². The van der Waals surface area contributed by atoms with Gasteiger partial charge in [0, 0.05) is 12.0 Å². The van der Waals surface area contributed by atoms with Crippen molar-refractivity contribution in [3.63, 3.8) is 0 Å². The molecule has 96 valence electrons. The second-order valence-electron chi connectivity index (χ2n) is 4.27. The molecule has 2 rings (SSSR count). The fourth-order valence-electron chi connectivity index (χ4n) is 1.93. The normalized spacial score (nSPS) is 12.4. The van der Waals surface area contributed by atoms with Crippen molar-refractivity contribution < 1.29 is 9.15 Å². The predicted octanol–water partition coefficient (Wildman–Crippen LogP) is 4.64. The van der Waals surface area contributed by atoms with E-state index >= 15 is 0 Å². The van der Waals surface area contributed by atoms with E-state index in [1.54, 1.807) is 7.11 Å². The van der Waals surface area contributed by atoms with E-state index in [-0.39, 0.29) is 4.83 Å². The third-order valence-corrected chi connectivity index (χ3v) is 3.88. The van der Waals surface area contributed by atoms with Crippen molar-refractivity contribution in [3.8, 4) is 5.75 Å². The Labute approximate surface area is 116 Å². The summed E-state index contributed by atoms with van der Waals surface area (Å²) < 4.78 is 11.2. The average molecular weight is 309 g/mol. The summed E-state index contributed by atoms with van der Waals surface area (Å²) in [7, 11) is 1.69. The number of rotatable bonds is 4. The maximum atomic E-state index is 5.79. The molecular formula is C15H17BrO2. The maximum Gasteiger partial charge on any atom is 0.123 e. The summed E-state index contributed by atoms with van der Waals surface area (Å²) >= 11 is 3.69. The van der Waals surface area contributed by atoms with E-state index in [0.717, 1.165) is 29.3 Å². The molecule has 0 fully saturated rings. The van der Waals surface area contributed by atoms with Crippen LogP contribution in [0.3, 0.4) is 0 Å². The first kappa shape index (κ1) is 13.2. The van der Waals surface area contributed by atoms with Crippen LogP contribution in [0.2, 0.25) is 0 Å². The van der Waals surface area contributed by atoms with Crippen molar-refractivity contribution in [1.29, 1.82) is 0 Å². The SMILES string of the molecule is CCc1ccc(C(Br)c2cc(C)ccc2OC)o1. The summed E-state index contributed by atoms with van der Waals surface area (Å²) in [6.45, 7) is 4.15. The second kappa shape index (κ2) is 5.61. The van der Waals surface area contributed by atoms with Crippen LogP contribution in [0.5, 0.6) is 5.75 Å². The van der Waals surface area contributed by atoms with Gasteiger partial charge in [0.05, 0.1) is 7.11 Å². The Bertz CT molecular complexity index is 531.